The molecule has 112 valence electrons. The Balaban J connectivity index is 2.09. The van der Waals surface area contributed by atoms with E-state index >= 15 is 0 Å². The third-order valence-corrected chi connectivity index (χ3v) is 3.72. The fraction of sp³-hybridized carbons (Fsp3) is 0.250. The molecule has 0 fully saturated rings. The number of rotatable bonds is 6. The molecule has 0 unspecified atom stereocenters. The molecule has 0 radical (unpaired) electrons. The molecule has 0 aliphatic rings. The Bertz CT molecular complexity index is 599. The number of ether oxygens (including phenoxy) is 1. The zero-order valence-electron chi connectivity index (χ0n) is 11.2. The number of hydrogen-bond donors (Lipinski definition) is 0. The molecule has 0 aliphatic heterocycles. The van der Waals surface area contributed by atoms with Crippen molar-refractivity contribution < 1.29 is 13.5 Å². The molecule has 0 saturated carbocycles. The summed E-state index contributed by atoms with van der Waals surface area (Å²) in [7, 11) is 0. The Kier molecular flexibility index (Phi) is 6.00. The van der Waals surface area contributed by atoms with Gasteiger partial charge in [0.05, 0.1) is 11.6 Å². The summed E-state index contributed by atoms with van der Waals surface area (Å²) in [5.41, 5.74) is 1.44. The van der Waals surface area contributed by atoms with Crippen LogP contribution in [0.5, 0.6) is 5.75 Å². The second-order valence-corrected chi connectivity index (χ2v) is 5.81. The van der Waals surface area contributed by atoms with Crippen molar-refractivity contribution in [2.75, 3.05) is 11.9 Å². The van der Waals surface area contributed by atoms with Gasteiger partial charge in [-0.15, -0.1) is 0 Å². The normalized spacial score (nSPS) is 10.7. The van der Waals surface area contributed by atoms with Gasteiger partial charge in [-0.3, -0.25) is 0 Å². The highest BCUT2D eigenvalue weighted by atomic mass is 79.9. The van der Waals surface area contributed by atoms with Gasteiger partial charge >= 0.3 is 0 Å². The van der Waals surface area contributed by atoms with Crippen LogP contribution in [0, 0.1) is 11.6 Å². The molecule has 1 nitrogen and oxygen atoms in total. The largest absolute Gasteiger partial charge is 0.492 e. The topological polar surface area (TPSA) is 9.23 Å². The van der Waals surface area contributed by atoms with E-state index in [1.54, 1.807) is 12.1 Å². The monoisotopic (exact) mass is 374 g/mol. The van der Waals surface area contributed by atoms with Gasteiger partial charge in [0, 0.05) is 11.4 Å². The Labute approximate surface area is 136 Å². The van der Waals surface area contributed by atoms with E-state index < -0.39 is 11.6 Å². The van der Waals surface area contributed by atoms with Crippen molar-refractivity contribution in [1.82, 2.24) is 0 Å². The fourth-order valence-electron chi connectivity index (χ4n) is 1.96. The minimum Gasteiger partial charge on any atom is -0.492 e. The predicted octanol–water partition coefficient (Wildman–Crippen LogP) is 5.37. The Hall–Kier alpha value is -1.13. The Morgan fingerprint density at radius 2 is 1.71 bits per heavy atom. The number of benzene rings is 2. The zero-order valence-corrected chi connectivity index (χ0v) is 13.6. The average molecular weight is 376 g/mol. The fourth-order valence-corrected chi connectivity index (χ4v) is 2.44. The highest BCUT2D eigenvalue weighted by Crippen LogP contribution is 2.27. The third-order valence-electron chi connectivity index (χ3n) is 2.86. The van der Waals surface area contributed by atoms with E-state index in [0.717, 1.165) is 23.4 Å². The summed E-state index contributed by atoms with van der Waals surface area (Å²) >= 11 is 9.48. The minimum atomic E-state index is -0.578. The first-order valence-corrected chi connectivity index (χ1v) is 8.00. The smallest absolute Gasteiger partial charge is 0.137 e. The Morgan fingerprint density at radius 3 is 2.33 bits per heavy atom. The van der Waals surface area contributed by atoms with Gasteiger partial charge in [0.1, 0.15) is 17.4 Å². The van der Waals surface area contributed by atoms with Crippen LogP contribution in [0.3, 0.4) is 0 Å². The molecule has 0 bridgehead atoms. The molecule has 0 amide bonds. The molecule has 0 heterocycles. The van der Waals surface area contributed by atoms with Gasteiger partial charge in [0.25, 0.3) is 0 Å². The lowest BCUT2D eigenvalue weighted by Crippen LogP contribution is -1.99. The van der Waals surface area contributed by atoms with Crippen molar-refractivity contribution in [2.45, 2.75) is 12.8 Å². The van der Waals surface area contributed by atoms with Crippen LogP contribution in [0.4, 0.5) is 8.78 Å². The van der Waals surface area contributed by atoms with E-state index in [0.29, 0.717) is 29.4 Å². The standard InChI is InChI=1S/C16H14BrClF2O/c17-4-1-5-21-16-3-2-11(9-15(16)18)6-12-7-13(19)10-14(20)8-12/h2-3,7-10H,1,4-6H2. The van der Waals surface area contributed by atoms with Crippen LogP contribution in [0.25, 0.3) is 0 Å². The summed E-state index contributed by atoms with van der Waals surface area (Å²) in [5.74, 6) is -0.538. The molecular weight excluding hydrogens is 362 g/mol. The van der Waals surface area contributed by atoms with Crippen molar-refractivity contribution in [2.24, 2.45) is 0 Å². The Morgan fingerprint density at radius 1 is 1.00 bits per heavy atom. The maximum Gasteiger partial charge on any atom is 0.137 e. The number of alkyl halides is 1. The van der Waals surface area contributed by atoms with Gasteiger partial charge in [-0.25, -0.2) is 8.78 Å². The van der Waals surface area contributed by atoms with Crippen molar-refractivity contribution >= 4 is 27.5 Å². The minimum absolute atomic E-state index is 0.413. The molecule has 0 aliphatic carbocycles. The summed E-state index contributed by atoms with van der Waals surface area (Å²) in [5, 5.41) is 1.37. The highest BCUT2D eigenvalue weighted by Gasteiger charge is 2.06. The van der Waals surface area contributed by atoms with E-state index in [-0.39, 0.29) is 0 Å². The second-order valence-electron chi connectivity index (χ2n) is 4.61. The molecule has 0 atom stereocenters. The number of halogens is 4. The van der Waals surface area contributed by atoms with Crippen LogP contribution in [-0.2, 0) is 6.42 Å². The lowest BCUT2D eigenvalue weighted by Gasteiger charge is -2.09. The summed E-state index contributed by atoms with van der Waals surface area (Å²) in [6.45, 7) is 0.583. The molecule has 5 heteroatoms. The lowest BCUT2D eigenvalue weighted by atomic mass is 10.0. The third kappa shape index (κ3) is 4.97. The highest BCUT2D eigenvalue weighted by molar-refractivity contribution is 9.09. The van der Waals surface area contributed by atoms with E-state index in [4.69, 9.17) is 16.3 Å². The average Bonchev–Trinajstić information content (AvgIpc) is 2.40. The van der Waals surface area contributed by atoms with Gasteiger partial charge in [-0.2, -0.15) is 0 Å². The zero-order chi connectivity index (χ0) is 15.2. The van der Waals surface area contributed by atoms with Crippen LogP contribution < -0.4 is 4.74 Å². The van der Waals surface area contributed by atoms with Gasteiger partial charge in [0.15, 0.2) is 0 Å². The summed E-state index contributed by atoms with van der Waals surface area (Å²) < 4.78 is 31.9. The number of hydrogen-bond acceptors (Lipinski definition) is 1. The van der Waals surface area contributed by atoms with Crippen LogP contribution >= 0.6 is 27.5 Å². The quantitative estimate of drug-likeness (QED) is 0.487. The molecule has 0 aromatic heterocycles. The van der Waals surface area contributed by atoms with Gasteiger partial charge in [0.2, 0.25) is 0 Å². The van der Waals surface area contributed by atoms with E-state index in [1.165, 1.54) is 12.1 Å². The van der Waals surface area contributed by atoms with Crippen LogP contribution in [0.15, 0.2) is 36.4 Å². The molecule has 2 rings (SSSR count). The molecule has 0 spiro atoms. The molecule has 21 heavy (non-hydrogen) atoms. The second kappa shape index (κ2) is 7.76. The molecule has 2 aromatic rings. The van der Waals surface area contributed by atoms with E-state index in [2.05, 4.69) is 15.9 Å². The maximum absolute atomic E-state index is 13.2. The van der Waals surface area contributed by atoms with Crippen LogP contribution in [0.1, 0.15) is 17.5 Å². The summed E-state index contributed by atoms with van der Waals surface area (Å²) in [6, 6.07) is 8.87. The van der Waals surface area contributed by atoms with Gasteiger partial charge in [-0.05, 0) is 48.2 Å². The summed E-state index contributed by atoms with van der Waals surface area (Å²) in [4.78, 5) is 0. The van der Waals surface area contributed by atoms with E-state index in [9.17, 15) is 8.78 Å². The van der Waals surface area contributed by atoms with E-state index in [1.807, 2.05) is 6.07 Å². The van der Waals surface area contributed by atoms with Crippen LogP contribution in [-0.4, -0.2) is 11.9 Å². The van der Waals surface area contributed by atoms with Crippen molar-refractivity contribution in [3.05, 3.63) is 64.2 Å². The first-order valence-electron chi connectivity index (χ1n) is 6.50. The first kappa shape index (κ1) is 16.2. The van der Waals surface area contributed by atoms with Gasteiger partial charge < -0.3 is 4.74 Å². The molecule has 0 N–H and O–H groups in total. The molecule has 0 saturated heterocycles. The van der Waals surface area contributed by atoms with Crippen molar-refractivity contribution in [1.29, 1.82) is 0 Å². The first-order chi connectivity index (χ1) is 10.1. The molecule has 2 aromatic carbocycles. The van der Waals surface area contributed by atoms with Crippen molar-refractivity contribution in [3.8, 4) is 5.75 Å². The predicted molar refractivity (Wildman–Crippen MR) is 84.5 cm³/mol. The maximum atomic E-state index is 13.2. The molecular formula is C16H14BrClF2O. The van der Waals surface area contributed by atoms with Crippen LogP contribution in [0.2, 0.25) is 5.02 Å². The SMILES string of the molecule is Fc1cc(F)cc(Cc2ccc(OCCCBr)c(Cl)c2)c1. The lowest BCUT2D eigenvalue weighted by molar-refractivity contribution is 0.319. The van der Waals surface area contributed by atoms with Crippen molar-refractivity contribution in [3.63, 3.8) is 0 Å². The van der Waals surface area contributed by atoms with Gasteiger partial charge in [-0.1, -0.05) is 33.6 Å². The summed E-state index contributed by atoms with van der Waals surface area (Å²) in [6.07, 6.45) is 1.30.